The molecule has 0 saturated carbocycles. The molecule has 6 heteroatoms. The molecule has 0 unspecified atom stereocenters. The second-order valence-electron chi connectivity index (χ2n) is 8.14. The summed E-state index contributed by atoms with van der Waals surface area (Å²) in [6, 6.07) is 12.0. The van der Waals surface area contributed by atoms with Crippen LogP contribution < -0.4 is 5.32 Å². The van der Waals surface area contributed by atoms with E-state index in [1.54, 1.807) is 12.1 Å². The maximum Gasteiger partial charge on any atom is 0.144 e. The predicted molar refractivity (Wildman–Crippen MR) is 117 cm³/mol. The maximum atomic E-state index is 13.9. The molecule has 1 aliphatic rings. The molecule has 154 valence electrons. The zero-order chi connectivity index (χ0) is 20.7. The highest BCUT2D eigenvalue weighted by Gasteiger charge is 2.21. The maximum absolute atomic E-state index is 13.9. The van der Waals surface area contributed by atoms with Crippen molar-refractivity contribution in [2.24, 2.45) is 5.92 Å². The highest BCUT2D eigenvalue weighted by Crippen LogP contribution is 2.35. The Hall–Kier alpha value is -2.99. The van der Waals surface area contributed by atoms with Crippen LogP contribution in [0, 0.1) is 18.7 Å². The van der Waals surface area contributed by atoms with Crippen molar-refractivity contribution in [3.8, 4) is 17.1 Å². The second-order valence-corrected chi connectivity index (χ2v) is 8.14. The van der Waals surface area contributed by atoms with Crippen molar-refractivity contribution in [1.82, 2.24) is 19.9 Å². The van der Waals surface area contributed by atoms with Gasteiger partial charge in [0, 0.05) is 18.0 Å². The molecule has 2 aromatic carbocycles. The number of hydrogen-bond acceptors (Lipinski definition) is 4. The fraction of sp³-hybridized carbons (Fsp3) is 0.333. The smallest absolute Gasteiger partial charge is 0.144 e. The lowest BCUT2D eigenvalue weighted by molar-refractivity contribution is 0.340. The molecule has 4 aromatic rings. The van der Waals surface area contributed by atoms with Gasteiger partial charge in [0.2, 0.25) is 0 Å². The van der Waals surface area contributed by atoms with E-state index in [4.69, 9.17) is 4.98 Å². The van der Waals surface area contributed by atoms with Crippen LogP contribution in [0.5, 0.6) is 5.75 Å². The summed E-state index contributed by atoms with van der Waals surface area (Å²) in [5.74, 6) is 1.30. The fourth-order valence-electron chi connectivity index (χ4n) is 4.58. The van der Waals surface area contributed by atoms with Crippen LogP contribution in [0.2, 0.25) is 0 Å². The minimum absolute atomic E-state index is 0.205. The number of aromatic nitrogens is 3. The number of nitrogens with one attached hydrogen (secondary N) is 1. The lowest BCUT2D eigenvalue weighted by atomic mass is 9.94. The largest absolute Gasteiger partial charge is 0.507 e. The first-order chi connectivity index (χ1) is 14.6. The summed E-state index contributed by atoms with van der Waals surface area (Å²) < 4.78 is 16.1. The van der Waals surface area contributed by atoms with Gasteiger partial charge in [0.1, 0.15) is 22.9 Å². The molecule has 5 nitrogen and oxygen atoms in total. The Bertz CT molecular complexity index is 1230. The van der Waals surface area contributed by atoms with Crippen molar-refractivity contribution < 1.29 is 9.50 Å². The highest BCUT2D eigenvalue weighted by atomic mass is 19.1. The number of benzene rings is 2. The Morgan fingerprint density at radius 3 is 2.73 bits per heavy atom. The third kappa shape index (κ3) is 3.31. The summed E-state index contributed by atoms with van der Waals surface area (Å²) in [5, 5.41) is 14.8. The summed E-state index contributed by atoms with van der Waals surface area (Å²) in [6.45, 7) is 4.83. The Morgan fingerprint density at radius 1 is 1.13 bits per heavy atom. The van der Waals surface area contributed by atoms with Gasteiger partial charge >= 0.3 is 0 Å². The summed E-state index contributed by atoms with van der Waals surface area (Å²) in [4.78, 5) is 9.51. The van der Waals surface area contributed by atoms with Gasteiger partial charge in [-0.15, -0.1) is 0 Å². The molecule has 0 atom stereocenters. The molecule has 1 saturated heterocycles. The van der Waals surface area contributed by atoms with Gasteiger partial charge in [-0.25, -0.2) is 9.37 Å². The molecule has 5 rings (SSSR count). The topological polar surface area (TPSA) is 63.0 Å². The summed E-state index contributed by atoms with van der Waals surface area (Å²) in [6.07, 6.45) is 3.38. The van der Waals surface area contributed by atoms with Crippen LogP contribution >= 0.6 is 0 Å². The Kier molecular flexibility index (Phi) is 4.87. The third-order valence-corrected chi connectivity index (χ3v) is 6.18. The van der Waals surface area contributed by atoms with Crippen molar-refractivity contribution in [1.29, 1.82) is 0 Å². The van der Waals surface area contributed by atoms with E-state index in [1.165, 1.54) is 25.0 Å². The van der Waals surface area contributed by atoms with Gasteiger partial charge < -0.3 is 15.0 Å². The number of phenols is 1. The van der Waals surface area contributed by atoms with Gasteiger partial charge in [-0.3, -0.25) is 4.98 Å². The van der Waals surface area contributed by atoms with Gasteiger partial charge in [0.05, 0.1) is 22.3 Å². The van der Waals surface area contributed by atoms with Crippen molar-refractivity contribution in [3.63, 3.8) is 0 Å². The molecule has 0 bridgehead atoms. The summed E-state index contributed by atoms with van der Waals surface area (Å²) >= 11 is 0. The number of piperidine rings is 1. The van der Waals surface area contributed by atoms with E-state index in [2.05, 4.69) is 14.9 Å². The van der Waals surface area contributed by atoms with E-state index in [-0.39, 0.29) is 11.6 Å². The number of imidazole rings is 1. The molecule has 0 amide bonds. The molecule has 1 aliphatic heterocycles. The third-order valence-electron chi connectivity index (χ3n) is 6.18. The Labute approximate surface area is 174 Å². The number of fused-ring (bicyclic) bond motifs is 3. The minimum Gasteiger partial charge on any atom is -0.507 e. The van der Waals surface area contributed by atoms with Crippen molar-refractivity contribution in [2.45, 2.75) is 32.7 Å². The van der Waals surface area contributed by atoms with Crippen LogP contribution in [0.15, 0.2) is 42.5 Å². The molecule has 2 aromatic heterocycles. The monoisotopic (exact) mass is 404 g/mol. The van der Waals surface area contributed by atoms with Gasteiger partial charge in [0.15, 0.2) is 0 Å². The lowest BCUT2D eigenvalue weighted by Gasteiger charge is -2.23. The van der Waals surface area contributed by atoms with Gasteiger partial charge in [-0.1, -0.05) is 12.1 Å². The molecule has 1 fully saturated rings. The fourth-order valence-corrected chi connectivity index (χ4v) is 4.58. The Balaban J connectivity index is 1.72. The van der Waals surface area contributed by atoms with Crippen molar-refractivity contribution in [2.75, 3.05) is 13.1 Å². The van der Waals surface area contributed by atoms with Crippen LogP contribution in [0.1, 0.15) is 25.0 Å². The number of halogens is 1. The number of aromatic hydroxyl groups is 1. The average Bonchev–Trinajstić information content (AvgIpc) is 3.13. The van der Waals surface area contributed by atoms with E-state index in [1.807, 2.05) is 25.1 Å². The molecule has 0 radical (unpaired) electrons. The molecular weight excluding hydrogens is 379 g/mol. The van der Waals surface area contributed by atoms with E-state index in [0.29, 0.717) is 17.0 Å². The van der Waals surface area contributed by atoms with Gasteiger partial charge in [-0.2, -0.15) is 0 Å². The molecule has 3 heterocycles. The van der Waals surface area contributed by atoms with Crippen molar-refractivity contribution >= 4 is 21.9 Å². The second kappa shape index (κ2) is 7.69. The first-order valence-electron chi connectivity index (χ1n) is 10.6. The quantitative estimate of drug-likeness (QED) is 0.513. The first-order valence-corrected chi connectivity index (χ1v) is 10.6. The van der Waals surface area contributed by atoms with Crippen LogP contribution in [0.3, 0.4) is 0 Å². The van der Waals surface area contributed by atoms with Gasteiger partial charge in [0.25, 0.3) is 0 Å². The lowest BCUT2D eigenvalue weighted by Crippen LogP contribution is -2.28. The van der Waals surface area contributed by atoms with E-state index >= 15 is 0 Å². The average molecular weight is 404 g/mol. The molecule has 2 N–H and O–H groups in total. The van der Waals surface area contributed by atoms with E-state index in [0.717, 1.165) is 54.0 Å². The number of aryl methyl sites for hydroxylation is 2. The zero-order valence-corrected chi connectivity index (χ0v) is 17.0. The van der Waals surface area contributed by atoms with Crippen LogP contribution in [-0.2, 0) is 6.54 Å². The van der Waals surface area contributed by atoms with E-state index < -0.39 is 0 Å². The molecule has 0 spiro atoms. The molecule has 0 aliphatic carbocycles. The van der Waals surface area contributed by atoms with Crippen LogP contribution in [-0.4, -0.2) is 32.7 Å². The molecular formula is C24H25FN4O. The number of pyridine rings is 1. The number of nitrogens with zero attached hydrogens (tertiary/aromatic N) is 3. The van der Waals surface area contributed by atoms with Crippen molar-refractivity contribution in [3.05, 3.63) is 54.0 Å². The number of para-hydroxylation sites is 1. The number of phenolic OH excluding ortho intramolecular Hbond substituents is 1. The number of rotatable bonds is 4. The summed E-state index contributed by atoms with van der Waals surface area (Å²) in [5.41, 5.74) is 3.86. The zero-order valence-electron chi connectivity index (χ0n) is 17.0. The predicted octanol–water partition coefficient (Wildman–Crippen LogP) is 4.79. The highest BCUT2D eigenvalue weighted by molar-refractivity contribution is 6.04. The minimum atomic E-state index is -0.296. The van der Waals surface area contributed by atoms with Crippen LogP contribution in [0.4, 0.5) is 4.39 Å². The summed E-state index contributed by atoms with van der Waals surface area (Å²) in [7, 11) is 0. The SMILES string of the molecule is Cc1nc2cc(F)ccc2c2c1nc(-c1ccccc1O)n2CCC1CCNCC1. The molecule has 30 heavy (non-hydrogen) atoms. The van der Waals surface area contributed by atoms with Crippen LogP contribution in [0.25, 0.3) is 33.3 Å². The standard InChI is InChI=1S/C24H25FN4O/c1-15-22-23(18-7-6-17(25)14-20(18)27-15)29(13-10-16-8-11-26-12-9-16)24(28-22)19-4-2-3-5-21(19)30/h2-7,14,16,26,30H,8-13H2,1H3. The first kappa shape index (κ1) is 19.0. The normalized spacial score (nSPS) is 15.3. The number of hydrogen-bond donors (Lipinski definition) is 2. The van der Waals surface area contributed by atoms with Gasteiger partial charge in [-0.05, 0) is 69.5 Å². The Morgan fingerprint density at radius 2 is 1.93 bits per heavy atom. The van der Waals surface area contributed by atoms with E-state index in [9.17, 15) is 9.50 Å².